The number of amides is 2. The van der Waals surface area contributed by atoms with Crippen molar-refractivity contribution in [2.75, 3.05) is 19.7 Å². The van der Waals surface area contributed by atoms with Gasteiger partial charge in [0.25, 0.3) is 0 Å². The highest BCUT2D eigenvalue weighted by Gasteiger charge is 2.37. The Labute approximate surface area is 196 Å². The molecule has 1 saturated heterocycles. The topological polar surface area (TPSA) is 156 Å². The molecule has 2 atom stereocenters. The third kappa shape index (κ3) is 4.90. The lowest BCUT2D eigenvalue weighted by molar-refractivity contribution is -0.142. The molecule has 0 bridgehead atoms. The second kappa shape index (κ2) is 9.43. The lowest BCUT2D eigenvalue weighted by Crippen LogP contribution is -2.49. The fourth-order valence-corrected chi connectivity index (χ4v) is 5.40. The smallest absolute Gasteiger partial charge is 0.407 e. The van der Waals surface area contributed by atoms with E-state index in [1.807, 2.05) is 48.5 Å². The first kappa shape index (κ1) is 23.7. The third-order valence-electron chi connectivity index (χ3n) is 6.23. The summed E-state index contributed by atoms with van der Waals surface area (Å²) < 4.78 is 28.5. The van der Waals surface area contributed by atoms with Gasteiger partial charge in [0.15, 0.2) is 0 Å². The highest BCUT2D eigenvalue weighted by Crippen LogP contribution is 2.44. The second-order valence-electron chi connectivity index (χ2n) is 8.40. The quantitative estimate of drug-likeness (QED) is 0.531. The molecule has 1 aliphatic carbocycles. The van der Waals surface area contributed by atoms with E-state index in [0.29, 0.717) is 0 Å². The Morgan fingerprint density at radius 2 is 1.68 bits per heavy atom. The molecule has 2 aliphatic rings. The Morgan fingerprint density at radius 1 is 1.09 bits per heavy atom. The van der Waals surface area contributed by atoms with E-state index in [9.17, 15) is 27.9 Å². The molecule has 2 unspecified atom stereocenters. The first-order chi connectivity index (χ1) is 16.1. The minimum absolute atomic E-state index is 0.00501. The zero-order valence-electron chi connectivity index (χ0n) is 18.2. The fourth-order valence-electron chi connectivity index (χ4n) is 4.57. The number of rotatable bonds is 7. The Morgan fingerprint density at radius 3 is 2.21 bits per heavy atom. The largest absolute Gasteiger partial charge is 0.481 e. The number of likely N-dealkylation sites (tertiary alicyclic amines) is 1. The van der Waals surface area contributed by atoms with E-state index in [1.54, 1.807) is 0 Å². The summed E-state index contributed by atoms with van der Waals surface area (Å²) in [4.78, 5) is 37.9. The monoisotopic (exact) mass is 487 g/mol. The van der Waals surface area contributed by atoms with Crippen molar-refractivity contribution >= 4 is 28.0 Å². The van der Waals surface area contributed by atoms with Crippen LogP contribution >= 0.6 is 0 Å². The number of benzene rings is 2. The van der Waals surface area contributed by atoms with E-state index >= 15 is 0 Å². The van der Waals surface area contributed by atoms with E-state index in [0.717, 1.165) is 22.3 Å². The van der Waals surface area contributed by atoms with Crippen molar-refractivity contribution in [3.63, 3.8) is 0 Å². The Kier molecular flexibility index (Phi) is 6.58. The Balaban J connectivity index is 1.42. The number of fused-ring (bicyclic) bond motifs is 3. The van der Waals surface area contributed by atoms with Crippen molar-refractivity contribution in [2.24, 2.45) is 5.14 Å². The Bertz CT molecular complexity index is 1190. The van der Waals surface area contributed by atoms with Crippen LogP contribution in [0.3, 0.4) is 0 Å². The lowest BCUT2D eigenvalue weighted by Gasteiger charge is -2.23. The van der Waals surface area contributed by atoms with Gasteiger partial charge >= 0.3 is 12.1 Å². The molecule has 2 amide bonds. The summed E-state index contributed by atoms with van der Waals surface area (Å²) in [6.07, 6.45) is -1.45. The molecular formula is C23H25N3O7S. The first-order valence-corrected chi connectivity index (χ1v) is 12.4. The molecule has 1 fully saturated rings. The number of carbonyl (C=O) groups excluding carboxylic acids is 2. The molecule has 0 aromatic heterocycles. The number of carbonyl (C=O) groups is 3. The number of alkyl carbamates (subject to hydrolysis) is 1. The summed E-state index contributed by atoms with van der Waals surface area (Å²) in [6.45, 7) is -0.0480. The molecule has 1 aliphatic heterocycles. The minimum Gasteiger partial charge on any atom is -0.481 e. The standard InChI is InChI=1S/C23H25N3O7S/c24-34(31,32)14-9-10-26(12-14)22(29)20(11-21(27)28)25-23(30)33-13-19-17-7-3-1-5-15(17)16-6-2-4-8-18(16)19/h1-8,14,19-20H,9-13H2,(H,25,30)(H,27,28)(H2,24,31,32). The van der Waals surface area contributed by atoms with Gasteiger partial charge in [-0.2, -0.15) is 0 Å². The molecule has 4 rings (SSSR count). The number of carboxylic acid groups (broad SMARTS) is 1. The summed E-state index contributed by atoms with van der Waals surface area (Å²) >= 11 is 0. The summed E-state index contributed by atoms with van der Waals surface area (Å²) in [7, 11) is -3.83. The van der Waals surface area contributed by atoms with Crippen LogP contribution in [0.1, 0.15) is 29.9 Å². The zero-order chi connectivity index (χ0) is 24.5. The van der Waals surface area contributed by atoms with Crippen LogP contribution in [0.4, 0.5) is 4.79 Å². The van der Waals surface area contributed by atoms with Gasteiger partial charge in [-0.05, 0) is 28.7 Å². The number of nitrogens with one attached hydrogen (secondary N) is 1. The maximum atomic E-state index is 12.8. The van der Waals surface area contributed by atoms with Crippen molar-refractivity contribution in [1.82, 2.24) is 10.2 Å². The van der Waals surface area contributed by atoms with Crippen LogP contribution in [0, 0.1) is 0 Å². The molecule has 1 heterocycles. The lowest BCUT2D eigenvalue weighted by atomic mass is 9.98. The predicted molar refractivity (Wildman–Crippen MR) is 122 cm³/mol. The maximum Gasteiger partial charge on any atom is 0.407 e. The number of carboxylic acids is 1. The molecule has 34 heavy (non-hydrogen) atoms. The van der Waals surface area contributed by atoms with E-state index in [-0.39, 0.29) is 32.0 Å². The summed E-state index contributed by atoms with van der Waals surface area (Å²) in [5, 5.41) is 15.8. The van der Waals surface area contributed by atoms with Crippen LogP contribution in [0.15, 0.2) is 48.5 Å². The van der Waals surface area contributed by atoms with Crippen LogP contribution < -0.4 is 10.5 Å². The molecule has 11 heteroatoms. The van der Waals surface area contributed by atoms with Gasteiger partial charge < -0.3 is 20.1 Å². The van der Waals surface area contributed by atoms with Gasteiger partial charge in [-0.3, -0.25) is 9.59 Å². The number of sulfonamides is 1. The fraction of sp³-hybridized carbons (Fsp3) is 0.348. The maximum absolute atomic E-state index is 12.8. The molecule has 180 valence electrons. The average Bonchev–Trinajstić information content (AvgIpc) is 3.40. The number of nitrogens with zero attached hydrogens (tertiary/aromatic N) is 1. The van der Waals surface area contributed by atoms with Gasteiger partial charge in [0.05, 0.1) is 11.7 Å². The highest BCUT2D eigenvalue weighted by molar-refractivity contribution is 7.89. The van der Waals surface area contributed by atoms with E-state index < -0.39 is 45.7 Å². The summed E-state index contributed by atoms with van der Waals surface area (Å²) in [6, 6.07) is 14.2. The van der Waals surface area contributed by atoms with Gasteiger partial charge in [-0.1, -0.05) is 48.5 Å². The Hall–Kier alpha value is -3.44. The van der Waals surface area contributed by atoms with Gasteiger partial charge in [0.2, 0.25) is 15.9 Å². The number of aliphatic carboxylic acids is 1. The van der Waals surface area contributed by atoms with Crippen LogP contribution in [-0.2, 0) is 24.3 Å². The minimum atomic E-state index is -3.83. The summed E-state index contributed by atoms with van der Waals surface area (Å²) in [5.41, 5.74) is 4.15. The zero-order valence-corrected chi connectivity index (χ0v) is 19.0. The number of nitrogens with two attached hydrogens (primary N) is 1. The van der Waals surface area contributed by atoms with Crippen LogP contribution in [-0.4, -0.2) is 67.4 Å². The average molecular weight is 488 g/mol. The van der Waals surface area contributed by atoms with E-state index in [4.69, 9.17) is 9.88 Å². The van der Waals surface area contributed by atoms with E-state index in [2.05, 4.69) is 5.32 Å². The molecule has 0 saturated carbocycles. The number of primary sulfonamides is 1. The number of hydrogen-bond acceptors (Lipinski definition) is 6. The van der Waals surface area contributed by atoms with Crippen molar-refractivity contribution in [2.45, 2.75) is 30.1 Å². The third-order valence-corrected chi connectivity index (χ3v) is 7.55. The molecule has 10 nitrogen and oxygen atoms in total. The van der Waals surface area contributed by atoms with E-state index in [1.165, 1.54) is 4.90 Å². The molecule has 2 aromatic rings. The van der Waals surface area contributed by atoms with Crippen molar-refractivity contribution in [1.29, 1.82) is 0 Å². The number of hydrogen-bond donors (Lipinski definition) is 3. The van der Waals surface area contributed by atoms with Crippen molar-refractivity contribution < 1.29 is 32.6 Å². The van der Waals surface area contributed by atoms with Gasteiger partial charge in [-0.15, -0.1) is 0 Å². The molecule has 0 spiro atoms. The first-order valence-electron chi connectivity index (χ1n) is 10.8. The SMILES string of the molecule is NS(=O)(=O)C1CCN(C(=O)C(CC(=O)O)NC(=O)OCC2c3ccccc3-c3ccccc32)C1. The molecule has 0 radical (unpaired) electrons. The van der Waals surface area contributed by atoms with Crippen molar-refractivity contribution in [3.05, 3.63) is 59.7 Å². The van der Waals surface area contributed by atoms with Crippen LogP contribution in [0.25, 0.3) is 11.1 Å². The number of ether oxygens (including phenoxy) is 1. The van der Waals surface area contributed by atoms with Crippen molar-refractivity contribution in [3.8, 4) is 11.1 Å². The predicted octanol–water partition coefficient (Wildman–Crippen LogP) is 1.26. The highest BCUT2D eigenvalue weighted by atomic mass is 32.2. The second-order valence-corrected chi connectivity index (χ2v) is 10.2. The van der Waals surface area contributed by atoms with Gasteiger partial charge in [0, 0.05) is 19.0 Å². The van der Waals surface area contributed by atoms with Crippen LogP contribution in [0.2, 0.25) is 0 Å². The summed E-state index contributed by atoms with van der Waals surface area (Å²) in [5.74, 6) is -2.18. The molecular weight excluding hydrogens is 462 g/mol. The molecule has 2 aromatic carbocycles. The normalized spacial score (nSPS) is 18.1. The molecule has 4 N–H and O–H groups in total. The van der Waals surface area contributed by atoms with Gasteiger partial charge in [-0.25, -0.2) is 18.4 Å². The van der Waals surface area contributed by atoms with Gasteiger partial charge in [0.1, 0.15) is 12.6 Å². The van der Waals surface area contributed by atoms with Crippen LogP contribution in [0.5, 0.6) is 0 Å².